The van der Waals surface area contributed by atoms with Crippen molar-refractivity contribution in [1.29, 1.82) is 0 Å². The number of rotatable bonds is 4. The molecule has 0 aromatic heterocycles. The van der Waals surface area contributed by atoms with E-state index >= 15 is 0 Å². The van der Waals surface area contributed by atoms with E-state index in [9.17, 15) is 18.0 Å². The average Bonchev–Trinajstić information content (AvgIpc) is 2.15. The molecule has 0 saturated carbocycles. The number of carboxylic acid groups (broad SMARTS) is 1. The van der Waals surface area contributed by atoms with Crippen molar-refractivity contribution < 1.29 is 23.1 Å². The van der Waals surface area contributed by atoms with Gasteiger partial charge in [0.1, 0.15) is 6.04 Å². The minimum atomic E-state index is -4.27. The van der Waals surface area contributed by atoms with Gasteiger partial charge in [-0.3, -0.25) is 4.79 Å². The van der Waals surface area contributed by atoms with Gasteiger partial charge in [-0.1, -0.05) is 24.3 Å². The van der Waals surface area contributed by atoms with Gasteiger partial charge in [0, 0.05) is 0 Å². The average molecular weight is 247 g/mol. The van der Waals surface area contributed by atoms with E-state index in [-0.39, 0.29) is 12.0 Å². The van der Waals surface area contributed by atoms with Crippen LogP contribution in [0.25, 0.3) is 0 Å². The van der Waals surface area contributed by atoms with E-state index in [0.717, 1.165) is 0 Å². The van der Waals surface area contributed by atoms with E-state index in [4.69, 9.17) is 10.8 Å². The highest BCUT2D eigenvalue weighted by Gasteiger charge is 2.27. The van der Waals surface area contributed by atoms with Gasteiger partial charge in [-0.25, -0.2) is 0 Å². The zero-order valence-corrected chi connectivity index (χ0v) is 8.87. The normalized spacial score (nSPS) is 13.4. The first-order valence-corrected chi connectivity index (χ1v) is 4.91. The minimum absolute atomic E-state index is 0.0149. The van der Waals surface area contributed by atoms with Crippen LogP contribution in [-0.4, -0.2) is 23.3 Å². The molecule has 0 aliphatic heterocycles. The lowest BCUT2D eigenvalue weighted by atomic mass is 10.0. The Kier molecular flexibility index (Phi) is 4.11. The maximum Gasteiger partial charge on any atom is 0.393 e. The van der Waals surface area contributed by atoms with E-state index < -0.39 is 24.6 Å². The van der Waals surface area contributed by atoms with Crippen LogP contribution in [0.2, 0.25) is 0 Å². The van der Waals surface area contributed by atoms with E-state index in [0.29, 0.717) is 5.56 Å². The molecule has 0 fully saturated rings. The first-order valence-electron chi connectivity index (χ1n) is 4.91. The Morgan fingerprint density at radius 3 is 2.47 bits per heavy atom. The molecule has 0 spiro atoms. The fourth-order valence-electron chi connectivity index (χ4n) is 1.44. The number of carboxylic acids is 1. The van der Waals surface area contributed by atoms with Crippen molar-refractivity contribution >= 4 is 5.97 Å². The lowest BCUT2D eigenvalue weighted by Crippen LogP contribution is -2.32. The summed E-state index contributed by atoms with van der Waals surface area (Å²) in [5.74, 6) is -1.17. The highest BCUT2D eigenvalue weighted by Crippen LogP contribution is 2.21. The third-order valence-electron chi connectivity index (χ3n) is 2.17. The van der Waals surface area contributed by atoms with Gasteiger partial charge in [0.05, 0.1) is 6.42 Å². The third kappa shape index (κ3) is 4.86. The monoisotopic (exact) mass is 247 g/mol. The van der Waals surface area contributed by atoms with Crippen LogP contribution in [0.15, 0.2) is 24.3 Å². The maximum absolute atomic E-state index is 12.1. The van der Waals surface area contributed by atoms with Gasteiger partial charge in [0.25, 0.3) is 0 Å². The van der Waals surface area contributed by atoms with Crippen LogP contribution >= 0.6 is 0 Å². The zero-order valence-electron chi connectivity index (χ0n) is 8.87. The van der Waals surface area contributed by atoms with Crippen LogP contribution in [-0.2, 0) is 17.6 Å². The van der Waals surface area contributed by atoms with Gasteiger partial charge >= 0.3 is 12.1 Å². The van der Waals surface area contributed by atoms with Crippen molar-refractivity contribution in [3.05, 3.63) is 35.4 Å². The molecule has 0 saturated heterocycles. The molecular formula is C11H12F3NO2. The zero-order chi connectivity index (χ0) is 13.1. The number of carbonyl (C=O) groups is 1. The number of hydrogen-bond donors (Lipinski definition) is 2. The largest absolute Gasteiger partial charge is 0.480 e. The molecule has 3 N–H and O–H groups in total. The minimum Gasteiger partial charge on any atom is -0.480 e. The molecule has 17 heavy (non-hydrogen) atoms. The van der Waals surface area contributed by atoms with E-state index in [1.54, 1.807) is 6.07 Å². The summed E-state index contributed by atoms with van der Waals surface area (Å²) >= 11 is 0. The van der Waals surface area contributed by atoms with Crippen LogP contribution in [0.1, 0.15) is 11.1 Å². The van der Waals surface area contributed by atoms with E-state index in [2.05, 4.69) is 0 Å². The smallest absolute Gasteiger partial charge is 0.393 e. The Bertz CT molecular complexity index is 404. The molecule has 0 amide bonds. The summed E-state index contributed by atoms with van der Waals surface area (Å²) < 4.78 is 36.4. The van der Waals surface area contributed by atoms with Gasteiger partial charge in [-0.2, -0.15) is 13.2 Å². The fraction of sp³-hybridized carbons (Fsp3) is 0.364. The first kappa shape index (κ1) is 13.5. The van der Waals surface area contributed by atoms with Crippen LogP contribution in [0.4, 0.5) is 13.2 Å². The van der Waals surface area contributed by atoms with Gasteiger partial charge < -0.3 is 10.8 Å². The number of hydrogen-bond acceptors (Lipinski definition) is 2. The molecule has 6 heteroatoms. The summed E-state index contributed by atoms with van der Waals surface area (Å²) in [6.07, 6.45) is -5.28. The lowest BCUT2D eigenvalue weighted by molar-refractivity contribution is -0.138. The Labute approximate surface area is 96.0 Å². The molecule has 0 aliphatic carbocycles. The Morgan fingerprint density at radius 2 is 1.94 bits per heavy atom. The lowest BCUT2D eigenvalue weighted by Gasteiger charge is -2.10. The van der Waals surface area contributed by atoms with E-state index in [1.807, 2.05) is 0 Å². The van der Waals surface area contributed by atoms with Crippen molar-refractivity contribution in [3.8, 4) is 0 Å². The van der Waals surface area contributed by atoms with E-state index in [1.165, 1.54) is 18.2 Å². The Morgan fingerprint density at radius 1 is 1.35 bits per heavy atom. The van der Waals surface area contributed by atoms with Crippen LogP contribution in [0, 0.1) is 0 Å². The van der Waals surface area contributed by atoms with Crippen molar-refractivity contribution in [1.82, 2.24) is 0 Å². The number of halogens is 3. The second kappa shape index (κ2) is 5.18. The SMILES string of the molecule is N[C@@H](Cc1cccc(CC(F)(F)F)c1)C(=O)O. The van der Waals surface area contributed by atoms with Gasteiger partial charge in [-0.15, -0.1) is 0 Å². The number of nitrogens with two attached hydrogens (primary N) is 1. The molecule has 0 radical (unpaired) electrons. The van der Waals surface area contributed by atoms with Crippen LogP contribution in [0.5, 0.6) is 0 Å². The van der Waals surface area contributed by atoms with Crippen molar-refractivity contribution in [2.45, 2.75) is 25.1 Å². The van der Waals surface area contributed by atoms with Gasteiger partial charge in [0.15, 0.2) is 0 Å². The highest BCUT2D eigenvalue weighted by atomic mass is 19.4. The molecule has 0 bridgehead atoms. The predicted molar refractivity (Wildman–Crippen MR) is 55.5 cm³/mol. The van der Waals surface area contributed by atoms with Crippen molar-refractivity contribution in [2.75, 3.05) is 0 Å². The summed E-state index contributed by atoms with van der Waals surface area (Å²) in [6, 6.07) is 4.60. The first-order chi connectivity index (χ1) is 7.78. The van der Waals surface area contributed by atoms with Gasteiger partial charge in [0.2, 0.25) is 0 Å². The number of alkyl halides is 3. The Hall–Kier alpha value is -1.56. The van der Waals surface area contributed by atoms with Crippen molar-refractivity contribution in [3.63, 3.8) is 0 Å². The fourth-order valence-corrected chi connectivity index (χ4v) is 1.44. The predicted octanol–water partition coefficient (Wildman–Crippen LogP) is 1.75. The molecule has 3 nitrogen and oxygen atoms in total. The molecule has 0 unspecified atom stereocenters. The number of aliphatic carboxylic acids is 1. The summed E-state index contributed by atoms with van der Waals surface area (Å²) in [4.78, 5) is 10.5. The molecule has 1 aromatic rings. The Balaban J connectivity index is 2.76. The molecule has 0 heterocycles. The van der Waals surface area contributed by atoms with Crippen molar-refractivity contribution in [2.24, 2.45) is 5.73 Å². The molecule has 94 valence electrons. The maximum atomic E-state index is 12.1. The quantitative estimate of drug-likeness (QED) is 0.851. The number of benzene rings is 1. The molecule has 1 aromatic carbocycles. The standard InChI is InChI=1S/C11H12F3NO2/c12-11(13,14)6-8-3-1-2-7(4-8)5-9(15)10(16)17/h1-4,9H,5-6,15H2,(H,16,17)/t9-/m0/s1. The summed E-state index contributed by atoms with van der Waals surface area (Å²) in [7, 11) is 0. The summed E-state index contributed by atoms with van der Waals surface area (Å²) in [5, 5.41) is 8.59. The van der Waals surface area contributed by atoms with Gasteiger partial charge in [-0.05, 0) is 17.5 Å². The highest BCUT2D eigenvalue weighted by molar-refractivity contribution is 5.73. The summed E-state index contributed by atoms with van der Waals surface area (Å²) in [5.41, 5.74) is 5.90. The molecular weight excluding hydrogens is 235 g/mol. The molecule has 0 aliphatic rings. The third-order valence-corrected chi connectivity index (χ3v) is 2.17. The second-order valence-electron chi connectivity index (χ2n) is 3.76. The topological polar surface area (TPSA) is 63.3 Å². The molecule has 1 atom stereocenters. The van der Waals surface area contributed by atoms with Crippen LogP contribution in [0.3, 0.4) is 0 Å². The second-order valence-corrected chi connectivity index (χ2v) is 3.76. The summed E-state index contributed by atoms with van der Waals surface area (Å²) in [6.45, 7) is 0. The van der Waals surface area contributed by atoms with Crippen LogP contribution < -0.4 is 5.73 Å². The molecule has 1 rings (SSSR count).